The van der Waals surface area contributed by atoms with Crippen molar-refractivity contribution >= 4 is 33.2 Å². The van der Waals surface area contributed by atoms with E-state index < -0.39 is 0 Å². The molecule has 1 N–H and O–H groups in total. The minimum absolute atomic E-state index is 0.487. The van der Waals surface area contributed by atoms with E-state index in [2.05, 4.69) is 52.4 Å². The van der Waals surface area contributed by atoms with Crippen molar-refractivity contribution in [1.29, 1.82) is 0 Å². The van der Waals surface area contributed by atoms with E-state index in [-0.39, 0.29) is 0 Å². The SMILES string of the molecule is Cc1ccc(Cl)cc1NC1CCc2cc(Br)ccc2C1. The van der Waals surface area contributed by atoms with Gasteiger partial charge in [-0.1, -0.05) is 39.7 Å². The molecule has 0 bridgehead atoms. The molecule has 104 valence electrons. The molecule has 0 aliphatic heterocycles. The summed E-state index contributed by atoms with van der Waals surface area (Å²) in [5, 5.41) is 4.44. The van der Waals surface area contributed by atoms with Crippen molar-refractivity contribution < 1.29 is 0 Å². The number of anilines is 1. The summed E-state index contributed by atoms with van der Waals surface area (Å²) in [6, 6.07) is 13.1. The lowest BCUT2D eigenvalue weighted by Crippen LogP contribution is -2.27. The summed E-state index contributed by atoms with van der Waals surface area (Å²) in [5.41, 5.74) is 5.33. The molecule has 1 unspecified atom stereocenters. The van der Waals surface area contributed by atoms with Crippen LogP contribution in [0.3, 0.4) is 0 Å². The monoisotopic (exact) mass is 349 g/mol. The van der Waals surface area contributed by atoms with Crippen LogP contribution in [-0.2, 0) is 12.8 Å². The molecule has 2 aromatic carbocycles. The molecule has 0 aromatic heterocycles. The first-order valence-electron chi connectivity index (χ1n) is 6.92. The Morgan fingerprint density at radius 3 is 2.85 bits per heavy atom. The molecule has 1 nitrogen and oxygen atoms in total. The Labute approximate surface area is 133 Å². The number of nitrogens with one attached hydrogen (secondary N) is 1. The van der Waals surface area contributed by atoms with Gasteiger partial charge in [-0.25, -0.2) is 0 Å². The highest BCUT2D eigenvalue weighted by molar-refractivity contribution is 9.10. The average Bonchev–Trinajstić information content (AvgIpc) is 2.43. The van der Waals surface area contributed by atoms with Gasteiger partial charge >= 0.3 is 0 Å². The first kappa shape index (κ1) is 14.0. The quantitative estimate of drug-likeness (QED) is 0.766. The van der Waals surface area contributed by atoms with Gasteiger partial charge in [0.05, 0.1) is 0 Å². The van der Waals surface area contributed by atoms with E-state index in [1.54, 1.807) is 0 Å². The van der Waals surface area contributed by atoms with Gasteiger partial charge in [-0.05, 0) is 67.1 Å². The van der Waals surface area contributed by atoms with Gasteiger partial charge in [0.15, 0.2) is 0 Å². The van der Waals surface area contributed by atoms with E-state index in [0.717, 1.165) is 30.0 Å². The smallest absolute Gasteiger partial charge is 0.0426 e. The van der Waals surface area contributed by atoms with Crippen LogP contribution in [0.15, 0.2) is 40.9 Å². The standard InChI is InChI=1S/C17H17BrClN/c1-11-2-6-15(19)10-17(11)20-16-7-4-12-8-14(18)5-3-13(12)9-16/h2-3,5-6,8,10,16,20H,4,7,9H2,1H3. The molecule has 1 aliphatic rings. The van der Waals surface area contributed by atoms with Crippen molar-refractivity contribution in [3.8, 4) is 0 Å². The largest absolute Gasteiger partial charge is 0.382 e. The molecule has 0 radical (unpaired) electrons. The van der Waals surface area contributed by atoms with Gasteiger partial charge in [-0.3, -0.25) is 0 Å². The predicted molar refractivity (Wildman–Crippen MR) is 89.8 cm³/mol. The maximum atomic E-state index is 6.09. The number of hydrogen-bond acceptors (Lipinski definition) is 1. The van der Waals surface area contributed by atoms with Gasteiger partial charge in [0.25, 0.3) is 0 Å². The lowest BCUT2D eigenvalue weighted by atomic mass is 9.88. The maximum Gasteiger partial charge on any atom is 0.0426 e. The van der Waals surface area contributed by atoms with E-state index in [1.165, 1.54) is 21.2 Å². The van der Waals surface area contributed by atoms with E-state index in [1.807, 2.05) is 12.1 Å². The van der Waals surface area contributed by atoms with Crippen molar-refractivity contribution in [3.63, 3.8) is 0 Å². The summed E-state index contributed by atoms with van der Waals surface area (Å²) in [5.74, 6) is 0. The molecule has 0 fully saturated rings. The molecule has 0 amide bonds. The van der Waals surface area contributed by atoms with Gasteiger partial charge in [0.2, 0.25) is 0 Å². The molecule has 3 heteroatoms. The fraction of sp³-hybridized carbons (Fsp3) is 0.294. The fourth-order valence-electron chi connectivity index (χ4n) is 2.82. The molecule has 2 aromatic rings. The second-order valence-electron chi connectivity index (χ2n) is 5.46. The predicted octanol–water partition coefficient (Wildman–Crippen LogP) is 5.38. The Kier molecular flexibility index (Phi) is 4.04. The number of aryl methyl sites for hydroxylation is 2. The highest BCUT2D eigenvalue weighted by Crippen LogP contribution is 2.28. The lowest BCUT2D eigenvalue weighted by molar-refractivity contribution is 0.610. The second kappa shape index (κ2) is 5.79. The number of benzene rings is 2. The summed E-state index contributed by atoms with van der Waals surface area (Å²) < 4.78 is 1.17. The molecular weight excluding hydrogens is 334 g/mol. The normalized spacial score (nSPS) is 17.6. The number of hydrogen-bond donors (Lipinski definition) is 1. The molecular formula is C17H17BrClN. The van der Waals surface area contributed by atoms with E-state index in [9.17, 15) is 0 Å². The Morgan fingerprint density at radius 2 is 2.00 bits per heavy atom. The summed E-state index contributed by atoms with van der Waals surface area (Å²) in [6.45, 7) is 2.12. The zero-order chi connectivity index (χ0) is 14.1. The van der Waals surface area contributed by atoms with Crippen LogP contribution in [-0.4, -0.2) is 6.04 Å². The summed E-state index contributed by atoms with van der Waals surface area (Å²) in [7, 11) is 0. The summed E-state index contributed by atoms with van der Waals surface area (Å²) in [6.07, 6.45) is 3.37. The third-order valence-electron chi connectivity index (χ3n) is 3.96. The number of rotatable bonds is 2. The Hall–Kier alpha value is -0.990. The number of halogens is 2. The summed E-state index contributed by atoms with van der Waals surface area (Å²) >= 11 is 9.63. The summed E-state index contributed by atoms with van der Waals surface area (Å²) in [4.78, 5) is 0. The van der Waals surface area contributed by atoms with Crippen LogP contribution in [0.1, 0.15) is 23.1 Å². The molecule has 20 heavy (non-hydrogen) atoms. The highest BCUT2D eigenvalue weighted by atomic mass is 79.9. The van der Waals surface area contributed by atoms with E-state index in [4.69, 9.17) is 11.6 Å². The van der Waals surface area contributed by atoms with Crippen molar-refractivity contribution in [2.75, 3.05) is 5.32 Å². The maximum absolute atomic E-state index is 6.09. The fourth-order valence-corrected chi connectivity index (χ4v) is 3.40. The van der Waals surface area contributed by atoms with Gasteiger partial charge in [0, 0.05) is 21.2 Å². The third-order valence-corrected chi connectivity index (χ3v) is 4.68. The van der Waals surface area contributed by atoms with Gasteiger partial charge in [-0.15, -0.1) is 0 Å². The van der Waals surface area contributed by atoms with Crippen LogP contribution in [0.2, 0.25) is 5.02 Å². The molecule has 0 saturated heterocycles. The minimum Gasteiger partial charge on any atom is -0.382 e. The second-order valence-corrected chi connectivity index (χ2v) is 6.81. The Balaban J connectivity index is 1.77. The van der Waals surface area contributed by atoms with Crippen LogP contribution in [0.25, 0.3) is 0 Å². The Morgan fingerprint density at radius 1 is 1.15 bits per heavy atom. The van der Waals surface area contributed by atoms with Crippen molar-refractivity contribution in [3.05, 3.63) is 62.6 Å². The van der Waals surface area contributed by atoms with Crippen molar-refractivity contribution in [2.45, 2.75) is 32.2 Å². The first-order chi connectivity index (χ1) is 9.61. The molecule has 0 saturated carbocycles. The van der Waals surface area contributed by atoms with Gasteiger partial charge in [-0.2, -0.15) is 0 Å². The zero-order valence-electron chi connectivity index (χ0n) is 11.4. The number of fused-ring (bicyclic) bond motifs is 1. The molecule has 3 rings (SSSR count). The van der Waals surface area contributed by atoms with Crippen LogP contribution < -0.4 is 5.32 Å². The molecule has 1 atom stereocenters. The van der Waals surface area contributed by atoms with Crippen LogP contribution in [0, 0.1) is 6.92 Å². The average molecular weight is 351 g/mol. The molecule has 0 spiro atoms. The lowest BCUT2D eigenvalue weighted by Gasteiger charge is -2.27. The van der Waals surface area contributed by atoms with Crippen LogP contribution in [0.5, 0.6) is 0 Å². The van der Waals surface area contributed by atoms with E-state index >= 15 is 0 Å². The van der Waals surface area contributed by atoms with Crippen molar-refractivity contribution in [2.24, 2.45) is 0 Å². The van der Waals surface area contributed by atoms with Crippen LogP contribution >= 0.6 is 27.5 Å². The van der Waals surface area contributed by atoms with Crippen LogP contribution in [0.4, 0.5) is 5.69 Å². The molecule has 1 aliphatic carbocycles. The Bertz CT molecular complexity index is 639. The zero-order valence-corrected chi connectivity index (χ0v) is 13.8. The first-order valence-corrected chi connectivity index (χ1v) is 8.09. The van der Waals surface area contributed by atoms with Gasteiger partial charge in [0.1, 0.15) is 0 Å². The van der Waals surface area contributed by atoms with E-state index in [0.29, 0.717) is 6.04 Å². The van der Waals surface area contributed by atoms with Gasteiger partial charge < -0.3 is 5.32 Å². The minimum atomic E-state index is 0.487. The topological polar surface area (TPSA) is 12.0 Å². The highest BCUT2D eigenvalue weighted by Gasteiger charge is 2.19. The molecule has 0 heterocycles. The third kappa shape index (κ3) is 3.02. The van der Waals surface area contributed by atoms with Crippen molar-refractivity contribution in [1.82, 2.24) is 0 Å².